The van der Waals surface area contributed by atoms with Crippen LogP contribution in [-0.4, -0.2) is 36.3 Å². The molecule has 1 aromatic carbocycles. The van der Waals surface area contributed by atoms with E-state index < -0.39 is 0 Å². The van der Waals surface area contributed by atoms with Gasteiger partial charge in [-0.1, -0.05) is 31.9 Å². The van der Waals surface area contributed by atoms with Gasteiger partial charge in [0.15, 0.2) is 0 Å². The molecule has 0 aromatic heterocycles. The third-order valence-electron chi connectivity index (χ3n) is 3.82. The van der Waals surface area contributed by atoms with Crippen molar-refractivity contribution in [2.24, 2.45) is 0 Å². The molecule has 0 radical (unpaired) electrons. The lowest BCUT2D eigenvalue weighted by molar-refractivity contribution is 0.0651. The van der Waals surface area contributed by atoms with Gasteiger partial charge in [0.25, 0.3) is 11.8 Å². The number of hydrogen-bond acceptors (Lipinski definition) is 3. The number of imide groups is 1. The second-order valence-electron chi connectivity index (χ2n) is 5.47. The highest BCUT2D eigenvalue weighted by atomic mass is 16.2. The summed E-state index contributed by atoms with van der Waals surface area (Å²) in [4.78, 5) is 25.7. The lowest BCUT2D eigenvalue weighted by atomic mass is 10.1. The summed E-state index contributed by atoms with van der Waals surface area (Å²) in [6, 6.07) is 7.06. The number of hydrogen-bond donors (Lipinski definition) is 1. The molecule has 0 saturated heterocycles. The van der Waals surface area contributed by atoms with Crippen molar-refractivity contribution < 1.29 is 9.59 Å². The van der Waals surface area contributed by atoms with Crippen LogP contribution >= 0.6 is 0 Å². The maximum absolute atomic E-state index is 12.1. The molecule has 4 heteroatoms. The van der Waals surface area contributed by atoms with Gasteiger partial charge in [-0.3, -0.25) is 14.5 Å². The van der Waals surface area contributed by atoms with E-state index in [9.17, 15) is 9.59 Å². The molecule has 114 valence electrons. The Morgan fingerprint density at radius 2 is 1.52 bits per heavy atom. The minimum Gasteiger partial charge on any atom is -0.317 e. The van der Waals surface area contributed by atoms with Gasteiger partial charge in [-0.15, -0.1) is 0 Å². The summed E-state index contributed by atoms with van der Waals surface area (Å²) in [5, 5.41) is 3.40. The summed E-state index contributed by atoms with van der Waals surface area (Å²) in [6.45, 7) is 4.81. The maximum atomic E-state index is 12.1. The monoisotopic (exact) mass is 288 g/mol. The highest BCUT2D eigenvalue weighted by Crippen LogP contribution is 2.22. The molecule has 0 bridgehead atoms. The Balaban J connectivity index is 1.69. The van der Waals surface area contributed by atoms with Gasteiger partial charge >= 0.3 is 0 Å². The molecule has 0 atom stereocenters. The topological polar surface area (TPSA) is 49.4 Å². The second-order valence-corrected chi connectivity index (χ2v) is 5.47. The standard InChI is InChI=1S/C17H24N2O2/c1-2-3-11-18-12-7-4-8-13-19-16(20)14-9-5-6-10-15(14)17(19)21/h5-6,9-10,18H,2-4,7-8,11-13H2,1H3. The Hall–Kier alpha value is -1.68. The highest BCUT2D eigenvalue weighted by Gasteiger charge is 2.34. The van der Waals surface area contributed by atoms with E-state index in [0.29, 0.717) is 17.7 Å². The van der Waals surface area contributed by atoms with Crippen molar-refractivity contribution in [2.75, 3.05) is 19.6 Å². The first-order chi connectivity index (χ1) is 10.3. The van der Waals surface area contributed by atoms with Crippen molar-refractivity contribution in [3.05, 3.63) is 35.4 Å². The van der Waals surface area contributed by atoms with Gasteiger partial charge in [-0.2, -0.15) is 0 Å². The van der Waals surface area contributed by atoms with Crippen LogP contribution < -0.4 is 5.32 Å². The first-order valence-corrected chi connectivity index (χ1v) is 7.91. The fourth-order valence-corrected chi connectivity index (χ4v) is 2.57. The molecule has 2 amide bonds. The minimum atomic E-state index is -0.142. The van der Waals surface area contributed by atoms with Crippen molar-refractivity contribution in [3.63, 3.8) is 0 Å². The van der Waals surface area contributed by atoms with Gasteiger partial charge in [-0.05, 0) is 44.5 Å². The van der Waals surface area contributed by atoms with Gasteiger partial charge < -0.3 is 5.32 Å². The van der Waals surface area contributed by atoms with Crippen molar-refractivity contribution in [1.82, 2.24) is 10.2 Å². The highest BCUT2D eigenvalue weighted by molar-refractivity contribution is 6.21. The lowest BCUT2D eigenvalue weighted by Crippen LogP contribution is -2.30. The number of nitrogens with one attached hydrogen (secondary N) is 1. The molecule has 1 heterocycles. The molecule has 0 spiro atoms. The van der Waals surface area contributed by atoms with Gasteiger partial charge in [0.05, 0.1) is 11.1 Å². The Morgan fingerprint density at radius 1 is 0.905 bits per heavy atom. The average Bonchev–Trinajstić information content (AvgIpc) is 2.75. The Bertz CT molecular complexity index is 464. The molecule has 1 aromatic rings. The van der Waals surface area contributed by atoms with E-state index in [0.717, 1.165) is 32.4 Å². The smallest absolute Gasteiger partial charge is 0.261 e. The molecular weight excluding hydrogens is 264 g/mol. The van der Waals surface area contributed by atoms with E-state index >= 15 is 0 Å². The molecule has 0 fully saturated rings. The van der Waals surface area contributed by atoms with E-state index in [-0.39, 0.29) is 11.8 Å². The summed E-state index contributed by atoms with van der Waals surface area (Å²) in [5.74, 6) is -0.284. The Morgan fingerprint density at radius 3 is 2.14 bits per heavy atom. The van der Waals surface area contributed by atoms with Crippen molar-refractivity contribution in [2.45, 2.75) is 39.0 Å². The number of benzene rings is 1. The zero-order chi connectivity index (χ0) is 15.1. The van der Waals surface area contributed by atoms with Gasteiger partial charge in [0.2, 0.25) is 0 Å². The Labute approximate surface area is 126 Å². The zero-order valence-corrected chi connectivity index (χ0v) is 12.7. The quantitative estimate of drug-likeness (QED) is 0.561. The summed E-state index contributed by atoms with van der Waals surface area (Å²) < 4.78 is 0. The van der Waals surface area contributed by atoms with E-state index in [1.807, 2.05) is 0 Å². The van der Waals surface area contributed by atoms with Crippen LogP contribution in [0.4, 0.5) is 0 Å². The summed E-state index contributed by atoms with van der Waals surface area (Å²) in [7, 11) is 0. The predicted octanol–water partition coefficient (Wildman–Crippen LogP) is 2.84. The minimum absolute atomic E-state index is 0.142. The van der Waals surface area contributed by atoms with E-state index in [2.05, 4.69) is 12.2 Å². The molecule has 2 rings (SSSR count). The van der Waals surface area contributed by atoms with Crippen LogP contribution in [0.1, 0.15) is 59.7 Å². The summed E-state index contributed by atoms with van der Waals surface area (Å²) in [5.41, 5.74) is 1.09. The molecule has 1 aliphatic heterocycles. The third-order valence-corrected chi connectivity index (χ3v) is 3.82. The molecule has 4 nitrogen and oxygen atoms in total. The average molecular weight is 288 g/mol. The molecule has 1 aliphatic rings. The second kappa shape index (κ2) is 7.93. The SMILES string of the molecule is CCCCNCCCCCN1C(=O)c2ccccc2C1=O. The summed E-state index contributed by atoms with van der Waals surface area (Å²) >= 11 is 0. The molecule has 0 saturated carbocycles. The van der Waals surface area contributed by atoms with E-state index in [1.54, 1.807) is 24.3 Å². The number of unbranched alkanes of at least 4 members (excludes halogenated alkanes) is 3. The van der Waals surface area contributed by atoms with Crippen molar-refractivity contribution in [3.8, 4) is 0 Å². The van der Waals surface area contributed by atoms with Crippen LogP contribution in [0.3, 0.4) is 0 Å². The van der Waals surface area contributed by atoms with Gasteiger partial charge in [0.1, 0.15) is 0 Å². The first-order valence-electron chi connectivity index (χ1n) is 7.91. The van der Waals surface area contributed by atoms with Crippen LogP contribution in [0.25, 0.3) is 0 Å². The van der Waals surface area contributed by atoms with Crippen LogP contribution in [0, 0.1) is 0 Å². The number of amides is 2. The van der Waals surface area contributed by atoms with Crippen molar-refractivity contribution >= 4 is 11.8 Å². The third kappa shape index (κ3) is 3.91. The summed E-state index contributed by atoms with van der Waals surface area (Å²) in [6.07, 6.45) is 5.43. The van der Waals surface area contributed by atoms with E-state index in [4.69, 9.17) is 0 Å². The molecule has 21 heavy (non-hydrogen) atoms. The normalized spacial score (nSPS) is 13.9. The lowest BCUT2D eigenvalue weighted by Gasteiger charge is -2.13. The number of fused-ring (bicyclic) bond motifs is 1. The Kier molecular flexibility index (Phi) is 5.93. The van der Waals surface area contributed by atoms with Crippen LogP contribution in [0.15, 0.2) is 24.3 Å². The van der Waals surface area contributed by atoms with Gasteiger partial charge in [-0.25, -0.2) is 0 Å². The largest absolute Gasteiger partial charge is 0.317 e. The van der Waals surface area contributed by atoms with Crippen LogP contribution in [0.5, 0.6) is 0 Å². The fraction of sp³-hybridized carbons (Fsp3) is 0.529. The predicted molar refractivity (Wildman–Crippen MR) is 83.4 cm³/mol. The number of nitrogens with zero attached hydrogens (tertiary/aromatic N) is 1. The maximum Gasteiger partial charge on any atom is 0.261 e. The van der Waals surface area contributed by atoms with Crippen LogP contribution in [0.2, 0.25) is 0 Å². The molecular formula is C17H24N2O2. The van der Waals surface area contributed by atoms with Crippen LogP contribution in [-0.2, 0) is 0 Å². The van der Waals surface area contributed by atoms with Gasteiger partial charge in [0, 0.05) is 6.54 Å². The zero-order valence-electron chi connectivity index (χ0n) is 12.7. The van der Waals surface area contributed by atoms with Crippen molar-refractivity contribution in [1.29, 1.82) is 0 Å². The number of carbonyl (C=O) groups excluding carboxylic acids is 2. The van der Waals surface area contributed by atoms with E-state index in [1.165, 1.54) is 17.7 Å². The number of rotatable bonds is 9. The molecule has 0 aliphatic carbocycles. The fourth-order valence-electron chi connectivity index (χ4n) is 2.57. The molecule has 1 N–H and O–H groups in total. The number of carbonyl (C=O) groups is 2. The molecule has 0 unspecified atom stereocenters. The first kappa shape index (κ1) is 15.7.